The Morgan fingerprint density at radius 2 is 2.11 bits per heavy atom. The van der Waals surface area contributed by atoms with Crippen LogP contribution >= 0.6 is 0 Å². The third kappa shape index (κ3) is 2.67. The Morgan fingerprint density at radius 1 is 1.37 bits per heavy atom. The third-order valence-electron chi connectivity index (χ3n) is 3.10. The minimum absolute atomic E-state index is 0.0379. The summed E-state index contributed by atoms with van der Waals surface area (Å²) in [5.41, 5.74) is 0.485. The SMILES string of the molecule is CCCN(C)C(=O)c1cc2ccccc2c(NC)n1. The van der Waals surface area contributed by atoms with E-state index in [0.717, 1.165) is 29.6 Å². The molecular formula is C15H19N3O. The van der Waals surface area contributed by atoms with Crippen LogP contribution in [0.4, 0.5) is 5.82 Å². The van der Waals surface area contributed by atoms with Crippen molar-refractivity contribution in [1.82, 2.24) is 9.88 Å². The molecule has 0 saturated heterocycles. The lowest BCUT2D eigenvalue weighted by atomic mass is 10.1. The van der Waals surface area contributed by atoms with E-state index in [1.54, 1.807) is 4.90 Å². The van der Waals surface area contributed by atoms with E-state index in [1.807, 2.05) is 44.4 Å². The third-order valence-corrected chi connectivity index (χ3v) is 3.10. The molecular weight excluding hydrogens is 238 g/mol. The van der Waals surface area contributed by atoms with Crippen LogP contribution in [0.3, 0.4) is 0 Å². The Morgan fingerprint density at radius 3 is 2.79 bits per heavy atom. The zero-order valence-electron chi connectivity index (χ0n) is 11.6. The summed E-state index contributed by atoms with van der Waals surface area (Å²) in [5, 5.41) is 5.11. The Hall–Kier alpha value is -2.10. The molecule has 4 heteroatoms. The maximum atomic E-state index is 12.3. The number of nitrogens with zero attached hydrogens (tertiary/aromatic N) is 2. The van der Waals surface area contributed by atoms with Crippen molar-refractivity contribution in [2.45, 2.75) is 13.3 Å². The molecule has 100 valence electrons. The zero-order chi connectivity index (χ0) is 13.8. The second-order valence-electron chi connectivity index (χ2n) is 4.55. The van der Waals surface area contributed by atoms with Crippen LogP contribution in [0.2, 0.25) is 0 Å². The number of fused-ring (bicyclic) bond motifs is 1. The van der Waals surface area contributed by atoms with Gasteiger partial charge in [-0.1, -0.05) is 31.2 Å². The summed E-state index contributed by atoms with van der Waals surface area (Å²) in [6.07, 6.45) is 0.939. The van der Waals surface area contributed by atoms with E-state index < -0.39 is 0 Å². The summed E-state index contributed by atoms with van der Waals surface area (Å²) in [7, 11) is 3.63. The molecule has 0 spiro atoms. The number of anilines is 1. The summed E-state index contributed by atoms with van der Waals surface area (Å²) in [5.74, 6) is 0.704. The fourth-order valence-corrected chi connectivity index (χ4v) is 2.13. The van der Waals surface area contributed by atoms with Crippen LogP contribution in [0.15, 0.2) is 30.3 Å². The summed E-state index contributed by atoms with van der Waals surface area (Å²) in [6.45, 7) is 2.79. The minimum atomic E-state index is -0.0379. The van der Waals surface area contributed by atoms with Crippen LogP contribution < -0.4 is 5.32 Å². The molecule has 0 bridgehead atoms. The van der Waals surface area contributed by atoms with Crippen molar-refractivity contribution in [1.29, 1.82) is 0 Å². The summed E-state index contributed by atoms with van der Waals surface area (Å²) < 4.78 is 0. The second-order valence-corrected chi connectivity index (χ2v) is 4.55. The molecule has 1 amide bonds. The number of nitrogens with one attached hydrogen (secondary N) is 1. The van der Waals surface area contributed by atoms with Gasteiger partial charge in [0.1, 0.15) is 11.5 Å². The molecule has 1 aromatic heterocycles. The average molecular weight is 257 g/mol. The predicted octanol–water partition coefficient (Wildman–Crippen LogP) is 2.76. The summed E-state index contributed by atoms with van der Waals surface area (Å²) >= 11 is 0. The van der Waals surface area contributed by atoms with E-state index in [9.17, 15) is 4.79 Å². The largest absolute Gasteiger partial charge is 0.373 e. The first-order valence-electron chi connectivity index (χ1n) is 6.50. The smallest absolute Gasteiger partial charge is 0.272 e. The van der Waals surface area contributed by atoms with E-state index in [2.05, 4.69) is 17.2 Å². The van der Waals surface area contributed by atoms with Gasteiger partial charge in [-0.25, -0.2) is 4.98 Å². The van der Waals surface area contributed by atoms with Gasteiger partial charge in [0.05, 0.1) is 0 Å². The van der Waals surface area contributed by atoms with Gasteiger partial charge in [-0.3, -0.25) is 4.79 Å². The highest BCUT2D eigenvalue weighted by atomic mass is 16.2. The van der Waals surface area contributed by atoms with Gasteiger partial charge >= 0.3 is 0 Å². The molecule has 4 nitrogen and oxygen atoms in total. The van der Waals surface area contributed by atoms with Gasteiger partial charge in [-0.05, 0) is 17.9 Å². The number of rotatable bonds is 4. The van der Waals surface area contributed by atoms with Crippen LogP contribution in [-0.2, 0) is 0 Å². The van der Waals surface area contributed by atoms with Crippen LogP contribution in [-0.4, -0.2) is 36.4 Å². The molecule has 2 rings (SSSR count). The monoisotopic (exact) mass is 257 g/mol. The first-order valence-corrected chi connectivity index (χ1v) is 6.50. The Labute approximate surface area is 113 Å². The number of pyridine rings is 1. The summed E-state index contributed by atoms with van der Waals surface area (Å²) in [6, 6.07) is 9.78. The van der Waals surface area contributed by atoms with E-state index >= 15 is 0 Å². The Kier molecular flexibility index (Phi) is 4.00. The van der Waals surface area contributed by atoms with E-state index in [1.165, 1.54) is 0 Å². The molecule has 0 saturated carbocycles. The summed E-state index contributed by atoms with van der Waals surface area (Å²) in [4.78, 5) is 18.4. The molecule has 0 radical (unpaired) electrons. The highest BCUT2D eigenvalue weighted by Crippen LogP contribution is 2.22. The van der Waals surface area contributed by atoms with Gasteiger partial charge in [0.2, 0.25) is 0 Å². The number of benzene rings is 1. The normalized spacial score (nSPS) is 10.5. The van der Waals surface area contributed by atoms with Crippen molar-refractivity contribution in [3.63, 3.8) is 0 Å². The van der Waals surface area contributed by atoms with Gasteiger partial charge in [0.25, 0.3) is 5.91 Å². The van der Waals surface area contributed by atoms with Crippen molar-refractivity contribution in [2.75, 3.05) is 26.0 Å². The molecule has 0 aliphatic carbocycles. The molecule has 0 aliphatic rings. The minimum Gasteiger partial charge on any atom is -0.373 e. The number of hydrogen-bond acceptors (Lipinski definition) is 3. The number of carbonyl (C=O) groups excluding carboxylic acids is 1. The first kappa shape index (κ1) is 13.3. The van der Waals surface area contributed by atoms with Crippen LogP contribution in [0.25, 0.3) is 10.8 Å². The molecule has 0 aliphatic heterocycles. The van der Waals surface area contributed by atoms with Crippen molar-refractivity contribution in [3.05, 3.63) is 36.0 Å². The highest BCUT2D eigenvalue weighted by Gasteiger charge is 2.14. The van der Waals surface area contributed by atoms with Crippen LogP contribution in [0, 0.1) is 0 Å². The highest BCUT2D eigenvalue weighted by molar-refractivity contribution is 6.00. The van der Waals surface area contributed by atoms with E-state index in [4.69, 9.17) is 0 Å². The maximum Gasteiger partial charge on any atom is 0.272 e. The van der Waals surface area contributed by atoms with Gasteiger partial charge in [-0.2, -0.15) is 0 Å². The van der Waals surface area contributed by atoms with Crippen LogP contribution in [0.5, 0.6) is 0 Å². The molecule has 0 fully saturated rings. The molecule has 0 atom stereocenters. The number of carbonyl (C=O) groups is 1. The molecule has 1 N–H and O–H groups in total. The molecule has 2 aromatic rings. The fourth-order valence-electron chi connectivity index (χ4n) is 2.13. The zero-order valence-corrected chi connectivity index (χ0v) is 11.6. The van der Waals surface area contributed by atoms with Gasteiger partial charge in [-0.15, -0.1) is 0 Å². The molecule has 0 unspecified atom stereocenters. The molecule has 19 heavy (non-hydrogen) atoms. The average Bonchev–Trinajstić information content (AvgIpc) is 2.45. The topological polar surface area (TPSA) is 45.2 Å². The Balaban J connectivity index is 2.47. The van der Waals surface area contributed by atoms with Crippen molar-refractivity contribution >= 4 is 22.5 Å². The van der Waals surface area contributed by atoms with Crippen molar-refractivity contribution < 1.29 is 4.79 Å². The Bertz CT molecular complexity index is 595. The first-order chi connectivity index (χ1) is 9.17. The van der Waals surface area contributed by atoms with Crippen molar-refractivity contribution in [2.24, 2.45) is 0 Å². The van der Waals surface area contributed by atoms with Gasteiger partial charge in [0.15, 0.2) is 0 Å². The number of hydrogen-bond donors (Lipinski definition) is 1. The number of aromatic nitrogens is 1. The van der Waals surface area contributed by atoms with E-state index in [0.29, 0.717) is 5.69 Å². The lowest BCUT2D eigenvalue weighted by molar-refractivity contribution is 0.0790. The van der Waals surface area contributed by atoms with Gasteiger partial charge < -0.3 is 10.2 Å². The second kappa shape index (κ2) is 5.69. The predicted molar refractivity (Wildman–Crippen MR) is 78.5 cm³/mol. The lowest BCUT2D eigenvalue weighted by Gasteiger charge is -2.16. The maximum absolute atomic E-state index is 12.3. The fraction of sp³-hybridized carbons (Fsp3) is 0.333. The van der Waals surface area contributed by atoms with Gasteiger partial charge in [0, 0.05) is 26.0 Å². The van der Waals surface area contributed by atoms with Crippen LogP contribution in [0.1, 0.15) is 23.8 Å². The number of amides is 1. The van der Waals surface area contributed by atoms with Crippen molar-refractivity contribution in [3.8, 4) is 0 Å². The lowest BCUT2D eigenvalue weighted by Crippen LogP contribution is -2.28. The molecule has 1 aromatic carbocycles. The quantitative estimate of drug-likeness (QED) is 0.916. The standard InChI is InChI=1S/C15H19N3O/c1-4-9-18(3)15(19)13-10-11-7-5-6-8-12(11)14(16-2)17-13/h5-8,10H,4,9H2,1-3H3,(H,16,17). The molecule has 1 heterocycles. The van der Waals surface area contributed by atoms with E-state index in [-0.39, 0.29) is 5.91 Å².